The molecule has 0 aliphatic heterocycles. The Bertz CT molecular complexity index is 391. The molecule has 1 aromatic rings. The van der Waals surface area contributed by atoms with Crippen LogP contribution in [0, 0.1) is 10.1 Å². The average Bonchev–Trinajstić information content (AvgIpc) is 2.16. The summed E-state index contributed by atoms with van der Waals surface area (Å²) < 4.78 is 0. The molecule has 0 saturated heterocycles. The van der Waals surface area contributed by atoms with E-state index in [-0.39, 0.29) is 17.0 Å². The second-order valence-corrected chi connectivity index (χ2v) is 2.88. The van der Waals surface area contributed by atoms with Gasteiger partial charge in [0.2, 0.25) is 0 Å². The predicted octanol–water partition coefficient (Wildman–Crippen LogP) is 1.72. The number of thiol groups is 1. The summed E-state index contributed by atoms with van der Waals surface area (Å²) in [7, 11) is 0. The first-order chi connectivity index (χ1) is 6.56. The highest BCUT2D eigenvalue weighted by atomic mass is 32.1. The lowest BCUT2D eigenvalue weighted by atomic mass is 10.1. The van der Waals surface area contributed by atoms with Crippen LogP contribution in [0.3, 0.4) is 0 Å². The molecule has 0 radical (unpaired) electrons. The zero-order chi connectivity index (χ0) is 10.7. The van der Waals surface area contributed by atoms with Crippen LogP contribution in [0.25, 0.3) is 0 Å². The summed E-state index contributed by atoms with van der Waals surface area (Å²) >= 11 is 3.89. The maximum Gasteiger partial charge on any atom is 0.335 e. The van der Waals surface area contributed by atoms with E-state index >= 15 is 0 Å². The quantitative estimate of drug-likeness (QED) is 0.455. The van der Waals surface area contributed by atoms with E-state index in [0.717, 1.165) is 0 Å². The highest BCUT2D eigenvalue weighted by Crippen LogP contribution is 2.21. The fraction of sp³-hybridized carbons (Fsp3) is 0.125. The zero-order valence-electron chi connectivity index (χ0n) is 7.01. The van der Waals surface area contributed by atoms with Gasteiger partial charge in [-0.2, -0.15) is 12.6 Å². The summed E-state index contributed by atoms with van der Waals surface area (Å²) in [5, 5.41) is 19.1. The minimum atomic E-state index is -1.11. The molecule has 0 aliphatic carbocycles. The molecule has 1 aromatic carbocycles. The number of hydrogen-bond acceptors (Lipinski definition) is 4. The molecule has 1 N–H and O–H groups in total. The van der Waals surface area contributed by atoms with E-state index in [4.69, 9.17) is 5.11 Å². The maximum absolute atomic E-state index is 10.6. The Balaban J connectivity index is 3.25. The number of benzene rings is 1. The van der Waals surface area contributed by atoms with Crippen molar-refractivity contribution in [2.45, 2.75) is 5.75 Å². The molecule has 0 spiro atoms. The van der Waals surface area contributed by atoms with Gasteiger partial charge in [0.15, 0.2) is 0 Å². The Kier molecular flexibility index (Phi) is 3.08. The van der Waals surface area contributed by atoms with Gasteiger partial charge in [-0.05, 0) is 12.1 Å². The minimum absolute atomic E-state index is 0.0275. The van der Waals surface area contributed by atoms with E-state index in [0.29, 0.717) is 5.56 Å². The molecule has 5 nitrogen and oxygen atoms in total. The van der Waals surface area contributed by atoms with Crippen molar-refractivity contribution in [1.29, 1.82) is 0 Å². The first-order valence-corrected chi connectivity index (χ1v) is 4.31. The number of carboxylic acids is 1. The third-order valence-corrected chi connectivity index (χ3v) is 2.03. The average molecular weight is 213 g/mol. The highest BCUT2D eigenvalue weighted by Gasteiger charge is 2.14. The van der Waals surface area contributed by atoms with Gasteiger partial charge in [-0.15, -0.1) is 0 Å². The van der Waals surface area contributed by atoms with Crippen LogP contribution in [0.5, 0.6) is 0 Å². The minimum Gasteiger partial charge on any atom is -0.478 e. The van der Waals surface area contributed by atoms with Crippen LogP contribution in [0.1, 0.15) is 15.9 Å². The van der Waals surface area contributed by atoms with Gasteiger partial charge < -0.3 is 5.11 Å². The molecule has 0 aliphatic rings. The maximum atomic E-state index is 10.6. The molecule has 14 heavy (non-hydrogen) atoms. The number of nitro groups is 1. The Morgan fingerprint density at radius 3 is 2.64 bits per heavy atom. The van der Waals surface area contributed by atoms with Gasteiger partial charge >= 0.3 is 5.97 Å². The second kappa shape index (κ2) is 4.10. The summed E-state index contributed by atoms with van der Waals surface area (Å²) in [6.45, 7) is 0. The van der Waals surface area contributed by atoms with E-state index in [1.54, 1.807) is 0 Å². The topological polar surface area (TPSA) is 80.4 Å². The molecular weight excluding hydrogens is 206 g/mol. The Labute approximate surface area is 84.9 Å². The number of carboxylic acid groups (broad SMARTS) is 1. The van der Waals surface area contributed by atoms with Crippen LogP contribution >= 0.6 is 12.6 Å². The first-order valence-electron chi connectivity index (χ1n) is 3.67. The predicted molar refractivity (Wildman–Crippen MR) is 52.7 cm³/mol. The Hall–Kier alpha value is -1.56. The lowest BCUT2D eigenvalue weighted by molar-refractivity contribution is -0.385. The number of hydrogen-bond donors (Lipinski definition) is 2. The van der Waals surface area contributed by atoms with Gasteiger partial charge in [0.05, 0.1) is 10.5 Å². The molecule has 0 atom stereocenters. The van der Waals surface area contributed by atoms with Crippen molar-refractivity contribution < 1.29 is 14.8 Å². The van der Waals surface area contributed by atoms with E-state index in [2.05, 4.69) is 12.6 Å². The summed E-state index contributed by atoms with van der Waals surface area (Å²) in [6.07, 6.45) is 0. The van der Waals surface area contributed by atoms with Crippen molar-refractivity contribution in [3.63, 3.8) is 0 Å². The number of rotatable bonds is 3. The Morgan fingerprint density at radius 2 is 2.21 bits per heavy atom. The lowest BCUT2D eigenvalue weighted by Gasteiger charge is -2.00. The third kappa shape index (κ3) is 2.02. The monoisotopic (exact) mass is 213 g/mol. The number of nitrogens with zero attached hydrogens (tertiary/aromatic N) is 1. The lowest BCUT2D eigenvalue weighted by Crippen LogP contribution is -2.00. The van der Waals surface area contributed by atoms with Crippen LogP contribution in [0.4, 0.5) is 5.69 Å². The molecule has 0 fully saturated rings. The molecule has 0 saturated carbocycles. The largest absolute Gasteiger partial charge is 0.478 e. The second-order valence-electron chi connectivity index (χ2n) is 2.56. The van der Waals surface area contributed by atoms with Crippen molar-refractivity contribution in [2.75, 3.05) is 0 Å². The van der Waals surface area contributed by atoms with Gasteiger partial charge in [0.25, 0.3) is 5.69 Å². The molecule has 0 unspecified atom stereocenters. The van der Waals surface area contributed by atoms with Crippen molar-refractivity contribution in [2.24, 2.45) is 0 Å². The molecule has 6 heteroatoms. The van der Waals surface area contributed by atoms with Crippen LogP contribution in [0.15, 0.2) is 18.2 Å². The van der Waals surface area contributed by atoms with Crippen LogP contribution in [-0.4, -0.2) is 16.0 Å². The fourth-order valence-corrected chi connectivity index (χ4v) is 1.28. The van der Waals surface area contributed by atoms with E-state index in [9.17, 15) is 14.9 Å². The summed E-state index contributed by atoms with van der Waals surface area (Å²) in [4.78, 5) is 20.5. The van der Waals surface area contributed by atoms with Gasteiger partial charge in [-0.3, -0.25) is 10.1 Å². The van der Waals surface area contributed by atoms with Crippen molar-refractivity contribution >= 4 is 24.3 Å². The normalized spacial score (nSPS) is 9.79. The SMILES string of the molecule is O=C(O)c1ccc([N+](=O)[O-])c(CS)c1. The fourth-order valence-electron chi connectivity index (χ4n) is 1.02. The molecular formula is C8H7NO4S. The third-order valence-electron chi connectivity index (χ3n) is 1.69. The van der Waals surface area contributed by atoms with Crippen molar-refractivity contribution in [3.05, 3.63) is 39.4 Å². The van der Waals surface area contributed by atoms with Crippen LogP contribution in [0.2, 0.25) is 0 Å². The zero-order valence-corrected chi connectivity index (χ0v) is 7.90. The molecule has 0 amide bonds. The van der Waals surface area contributed by atoms with E-state index < -0.39 is 10.9 Å². The molecule has 74 valence electrons. The Morgan fingerprint density at radius 1 is 1.57 bits per heavy atom. The highest BCUT2D eigenvalue weighted by molar-refractivity contribution is 7.79. The van der Waals surface area contributed by atoms with Crippen molar-refractivity contribution in [1.82, 2.24) is 0 Å². The summed E-state index contributed by atoms with van der Waals surface area (Å²) in [5.41, 5.74) is 0.225. The molecule has 0 aromatic heterocycles. The number of carbonyl (C=O) groups is 1. The van der Waals surface area contributed by atoms with Crippen LogP contribution in [-0.2, 0) is 5.75 Å². The first kappa shape index (κ1) is 10.5. The van der Waals surface area contributed by atoms with Gasteiger partial charge in [-0.25, -0.2) is 4.79 Å². The smallest absolute Gasteiger partial charge is 0.335 e. The van der Waals surface area contributed by atoms with E-state index in [1.165, 1.54) is 18.2 Å². The summed E-state index contributed by atoms with van der Waals surface area (Å²) in [6, 6.07) is 3.63. The van der Waals surface area contributed by atoms with Gasteiger partial charge in [0, 0.05) is 17.4 Å². The molecule has 0 bridgehead atoms. The van der Waals surface area contributed by atoms with Gasteiger partial charge in [0.1, 0.15) is 0 Å². The van der Waals surface area contributed by atoms with Gasteiger partial charge in [-0.1, -0.05) is 0 Å². The number of nitro benzene ring substituents is 1. The van der Waals surface area contributed by atoms with E-state index in [1.807, 2.05) is 0 Å². The standard InChI is InChI=1S/C8H7NO4S/c10-8(11)5-1-2-7(9(12)13)6(3-5)4-14/h1-3,14H,4H2,(H,10,11). The number of aromatic carboxylic acids is 1. The molecule has 0 heterocycles. The van der Waals surface area contributed by atoms with Crippen LogP contribution < -0.4 is 0 Å². The molecule has 1 rings (SSSR count). The van der Waals surface area contributed by atoms with Crippen molar-refractivity contribution in [3.8, 4) is 0 Å². The summed E-state index contributed by atoms with van der Waals surface area (Å²) in [5.74, 6) is -0.972.